The van der Waals surface area contributed by atoms with Gasteiger partial charge in [-0.25, -0.2) is 15.0 Å². The summed E-state index contributed by atoms with van der Waals surface area (Å²) in [6.07, 6.45) is 24.1. The minimum absolute atomic E-state index is 0.376. The SMILES string of the molecule is C#Cc1ccc2c(c1)OC1=CC(C)(c3nc(/C(C)=C\C4=C(C=C)Oc5ccc(C#C)cc5O4)nc(-c4ccc5c(c4)Oc4ccc(C#C)cc4O5)n3)C=C1O2. The molecule has 9 heteroatoms. The second kappa shape index (κ2) is 12.6. The highest BCUT2D eigenvalue weighted by molar-refractivity contribution is 5.69. The van der Waals surface area contributed by atoms with E-state index in [0.717, 1.165) is 0 Å². The Hall–Kier alpha value is -7.93. The van der Waals surface area contributed by atoms with E-state index in [1.54, 1.807) is 72.8 Å². The Labute approximate surface area is 316 Å². The van der Waals surface area contributed by atoms with E-state index in [9.17, 15) is 0 Å². The van der Waals surface area contributed by atoms with Gasteiger partial charge >= 0.3 is 0 Å². The molecule has 1 aromatic heterocycles. The fraction of sp³-hybridized carbons (Fsp3) is 0.0652. The Morgan fingerprint density at radius 1 is 0.600 bits per heavy atom. The molecular formula is C46H27N3O6. The first kappa shape index (κ1) is 32.9. The summed E-state index contributed by atoms with van der Waals surface area (Å²) in [5, 5.41) is 0. The molecule has 9 nitrogen and oxygen atoms in total. The number of allylic oxidation sites excluding steroid dienone is 5. The minimum atomic E-state index is -0.879. The van der Waals surface area contributed by atoms with E-state index in [1.165, 1.54) is 0 Å². The van der Waals surface area contributed by atoms with E-state index in [4.69, 9.17) is 62.6 Å². The van der Waals surface area contributed by atoms with Crippen LogP contribution in [0, 0.1) is 37.0 Å². The largest absolute Gasteiger partial charge is 0.450 e. The molecule has 262 valence electrons. The average Bonchev–Trinajstić information content (AvgIpc) is 3.56. The lowest BCUT2D eigenvalue weighted by Gasteiger charge is -2.22. The first-order valence-corrected chi connectivity index (χ1v) is 17.0. The van der Waals surface area contributed by atoms with Crippen LogP contribution in [-0.4, -0.2) is 15.0 Å². The van der Waals surface area contributed by atoms with Crippen LogP contribution < -0.4 is 28.4 Å². The molecule has 3 aliphatic heterocycles. The third kappa shape index (κ3) is 5.81. The molecule has 1 atom stereocenters. The summed E-state index contributed by atoms with van der Waals surface area (Å²) in [5.41, 5.74) is 2.43. The first-order valence-electron chi connectivity index (χ1n) is 17.0. The zero-order chi connectivity index (χ0) is 37.8. The van der Waals surface area contributed by atoms with Gasteiger partial charge in [-0.3, -0.25) is 0 Å². The van der Waals surface area contributed by atoms with E-state index in [0.29, 0.717) is 114 Å². The third-order valence-corrected chi connectivity index (χ3v) is 9.20. The van der Waals surface area contributed by atoms with E-state index in [2.05, 4.69) is 24.3 Å². The Morgan fingerprint density at radius 3 is 1.69 bits per heavy atom. The van der Waals surface area contributed by atoms with Gasteiger partial charge < -0.3 is 28.4 Å². The molecule has 4 aliphatic rings. The zero-order valence-corrected chi connectivity index (χ0v) is 29.5. The van der Waals surface area contributed by atoms with Gasteiger partial charge in [-0.05, 0) is 98.3 Å². The molecular weight excluding hydrogens is 691 g/mol. The fourth-order valence-corrected chi connectivity index (χ4v) is 6.35. The number of terminal acetylenes is 3. The van der Waals surface area contributed by atoms with Crippen LogP contribution in [0.2, 0.25) is 0 Å². The highest BCUT2D eigenvalue weighted by atomic mass is 16.6. The number of nitrogens with zero attached hydrogens (tertiary/aromatic N) is 3. The van der Waals surface area contributed by atoms with Crippen molar-refractivity contribution in [3.05, 3.63) is 155 Å². The molecule has 9 rings (SSSR count). The molecule has 1 aliphatic carbocycles. The van der Waals surface area contributed by atoms with Crippen LogP contribution in [0.4, 0.5) is 0 Å². The van der Waals surface area contributed by atoms with Gasteiger partial charge in [0, 0.05) is 40.5 Å². The van der Waals surface area contributed by atoms with Crippen LogP contribution >= 0.6 is 0 Å². The molecule has 0 radical (unpaired) electrons. The highest BCUT2D eigenvalue weighted by Crippen LogP contribution is 2.48. The molecule has 0 saturated heterocycles. The summed E-state index contributed by atoms with van der Waals surface area (Å²) in [4.78, 5) is 15.0. The zero-order valence-electron chi connectivity index (χ0n) is 29.5. The Balaban J connectivity index is 1.13. The lowest BCUT2D eigenvalue weighted by Crippen LogP contribution is -2.21. The molecule has 0 amide bonds. The van der Waals surface area contributed by atoms with Crippen LogP contribution in [0.5, 0.6) is 46.0 Å². The van der Waals surface area contributed by atoms with Crippen molar-refractivity contribution in [3.8, 4) is 94.4 Å². The van der Waals surface area contributed by atoms with Crippen LogP contribution in [0.25, 0.3) is 17.0 Å². The van der Waals surface area contributed by atoms with Crippen molar-refractivity contribution in [2.24, 2.45) is 0 Å². The lowest BCUT2D eigenvalue weighted by molar-refractivity contribution is 0.297. The number of fused-ring (bicyclic) bond motifs is 5. The lowest BCUT2D eigenvalue weighted by atomic mass is 9.91. The summed E-state index contributed by atoms with van der Waals surface area (Å²) in [5.74, 6) is 15.1. The molecule has 4 aromatic carbocycles. The molecule has 0 bridgehead atoms. The van der Waals surface area contributed by atoms with Gasteiger partial charge in [-0.1, -0.05) is 24.3 Å². The molecule has 0 fully saturated rings. The van der Waals surface area contributed by atoms with E-state index >= 15 is 0 Å². The maximum atomic E-state index is 6.29. The topological polar surface area (TPSA) is 94.1 Å². The molecule has 0 N–H and O–H groups in total. The van der Waals surface area contributed by atoms with Gasteiger partial charge in [0.2, 0.25) is 0 Å². The van der Waals surface area contributed by atoms with Gasteiger partial charge in [-0.15, -0.1) is 19.3 Å². The van der Waals surface area contributed by atoms with E-state index in [1.807, 2.05) is 38.1 Å². The molecule has 0 spiro atoms. The van der Waals surface area contributed by atoms with E-state index in [-0.39, 0.29) is 0 Å². The first-order chi connectivity index (χ1) is 26.7. The van der Waals surface area contributed by atoms with Crippen molar-refractivity contribution >= 4 is 5.57 Å². The Bertz CT molecular complexity index is 2810. The number of ether oxygens (including phenoxy) is 6. The van der Waals surface area contributed by atoms with Crippen LogP contribution in [0.3, 0.4) is 0 Å². The number of rotatable bonds is 5. The Kier molecular flexibility index (Phi) is 7.57. The molecule has 0 saturated carbocycles. The fourth-order valence-electron chi connectivity index (χ4n) is 6.35. The van der Waals surface area contributed by atoms with Gasteiger partial charge in [0.25, 0.3) is 0 Å². The van der Waals surface area contributed by atoms with Gasteiger partial charge in [0.15, 0.2) is 80.7 Å². The summed E-state index contributed by atoms with van der Waals surface area (Å²) >= 11 is 0. The molecule has 5 aromatic rings. The highest BCUT2D eigenvalue weighted by Gasteiger charge is 2.38. The van der Waals surface area contributed by atoms with Gasteiger partial charge in [-0.2, -0.15) is 0 Å². The van der Waals surface area contributed by atoms with Gasteiger partial charge in [0.05, 0.1) is 5.41 Å². The second-order valence-corrected chi connectivity index (χ2v) is 13.1. The smallest absolute Gasteiger partial charge is 0.171 e. The summed E-state index contributed by atoms with van der Waals surface area (Å²) in [6.45, 7) is 7.77. The maximum Gasteiger partial charge on any atom is 0.171 e. The summed E-state index contributed by atoms with van der Waals surface area (Å²) < 4.78 is 37.3. The van der Waals surface area contributed by atoms with Crippen LogP contribution in [0.15, 0.2) is 127 Å². The van der Waals surface area contributed by atoms with Gasteiger partial charge in [0.1, 0.15) is 5.82 Å². The monoisotopic (exact) mass is 717 g/mol. The third-order valence-electron chi connectivity index (χ3n) is 9.20. The summed E-state index contributed by atoms with van der Waals surface area (Å²) in [7, 11) is 0. The van der Waals surface area contributed by atoms with Crippen molar-refractivity contribution in [1.29, 1.82) is 0 Å². The van der Waals surface area contributed by atoms with Crippen molar-refractivity contribution in [2.75, 3.05) is 0 Å². The van der Waals surface area contributed by atoms with Crippen molar-refractivity contribution in [1.82, 2.24) is 15.0 Å². The van der Waals surface area contributed by atoms with Crippen LogP contribution in [0.1, 0.15) is 42.2 Å². The standard InChI is InChI=1S/C46H27N3O6/c1-7-27-12-16-33-37(20-27)51-35-18-14-30(23-40(35)52-33)44-47-43(26(5)19-36-31(10-4)50-32-15-11-28(8-2)21-38(32)54-36)48-45(49-44)46(6)24-41-42(25-46)55-39-22-29(9-3)13-17-34(39)53-41/h1-3,10-25H,4H2,5-6H3/b26-19-. The normalized spacial score (nSPS) is 17.0. The van der Waals surface area contributed by atoms with Crippen molar-refractivity contribution < 1.29 is 28.4 Å². The molecule has 1 unspecified atom stereocenters. The second-order valence-electron chi connectivity index (χ2n) is 13.1. The number of hydrogen-bond acceptors (Lipinski definition) is 9. The number of benzene rings is 4. The minimum Gasteiger partial charge on any atom is -0.450 e. The Morgan fingerprint density at radius 2 is 1.09 bits per heavy atom. The molecule has 4 heterocycles. The molecule has 55 heavy (non-hydrogen) atoms. The number of aromatic nitrogens is 3. The van der Waals surface area contributed by atoms with Crippen molar-refractivity contribution in [2.45, 2.75) is 19.3 Å². The predicted octanol–water partition coefficient (Wildman–Crippen LogP) is 9.16. The number of hydrogen-bond donors (Lipinski definition) is 0. The average molecular weight is 718 g/mol. The maximum absolute atomic E-state index is 6.29. The van der Waals surface area contributed by atoms with Crippen molar-refractivity contribution in [3.63, 3.8) is 0 Å². The van der Waals surface area contributed by atoms with Crippen LogP contribution in [-0.2, 0) is 5.41 Å². The summed E-state index contributed by atoms with van der Waals surface area (Å²) in [6, 6.07) is 21.4. The predicted molar refractivity (Wildman–Crippen MR) is 205 cm³/mol. The van der Waals surface area contributed by atoms with E-state index < -0.39 is 5.41 Å². The quantitative estimate of drug-likeness (QED) is 0.162.